The highest BCUT2D eigenvalue weighted by molar-refractivity contribution is 7.47. The third kappa shape index (κ3) is 33.6. The van der Waals surface area contributed by atoms with Crippen molar-refractivity contribution in [1.29, 1.82) is 0 Å². The zero-order valence-corrected chi connectivity index (χ0v) is 40.9. The van der Waals surface area contributed by atoms with Gasteiger partial charge >= 0.3 is 13.8 Å². The van der Waals surface area contributed by atoms with Gasteiger partial charge < -0.3 is 39.9 Å². The molecule has 0 spiro atoms. The highest BCUT2D eigenvalue weighted by Crippen LogP contribution is 2.47. The molecule has 0 aromatic heterocycles. The van der Waals surface area contributed by atoms with Gasteiger partial charge in [-0.25, -0.2) is 4.57 Å². The van der Waals surface area contributed by atoms with Crippen molar-refractivity contribution in [2.75, 3.05) is 19.8 Å². The molecule has 374 valence electrons. The Kier molecular flexibility index (Phi) is 38.8. The molecule has 6 unspecified atom stereocenters. The van der Waals surface area contributed by atoms with Crippen molar-refractivity contribution in [3.8, 4) is 0 Å². The third-order valence-corrected chi connectivity index (χ3v) is 12.0. The maximum absolute atomic E-state index is 12.8. The number of phosphoric acid groups is 1. The molecule has 1 aliphatic rings. The molecule has 1 fully saturated rings. The van der Waals surface area contributed by atoms with E-state index in [0.29, 0.717) is 13.0 Å². The second-order valence-electron chi connectivity index (χ2n) is 16.9. The number of hydrogen-bond donors (Lipinski definition) is 6. The number of hydrogen-bond acceptors (Lipinski definition) is 11. The molecule has 1 saturated carbocycles. The normalized spacial score (nSPS) is 22.3. The van der Waals surface area contributed by atoms with E-state index in [1.54, 1.807) is 0 Å². The number of rotatable bonds is 41. The van der Waals surface area contributed by atoms with Crippen molar-refractivity contribution in [3.05, 3.63) is 85.1 Å². The summed E-state index contributed by atoms with van der Waals surface area (Å²) in [7, 11) is -5.03. The zero-order valence-electron chi connectivity index (χ0n) is 40.0. The lowest BCUT2D eigenvalue weighted by Crippen LogP contribution is -2.64. The van der Waals surface area contributed by atoms with Crippen LogP contribution in [0.3, 0.4) is 0 Å². The molecular weight excluding hydrogens is 848 g/mol. The highest BCUT2D eigenvalue weighted by atomic mass is 31.2. The predicted molar refractivity (Wildman–Crippen MR) is 262 cm³/mol. The first-order valence-corrected chi connectivity index (χ1v) is 26.4. The molecule has 13 heteroatoms. The lowest BCUT2D eigenvalue weighted by atomic mass is 9.85. The summed E-state index contributed by atoms with van der Waals surface area (Å²) in [6.45, 7) is 4.07. The zero-order chi connectivity index (χ0) is 47.6. The second kappa shape index (κ2) is 41.7. The fraction of sp³-hybridized carbons (Fsp3) is 0.712. The highest BCUT2D eigenvalue weighted by Gasteiger charge is 2.51. The van der Waals surface area contributed by atoms with Gasteiger partial charge in [0, 0.05) is 13.0 Å². The van der Waals surface area contributed by atoms with Gasteiger partial charge in [0.25, 0.3) is 0 Å². The molecule has 0 aromatic rings. The van der Waals surface area contributed by atoms with Gasteiger partial charge in [-0.15, -0.1) is 0 Å². The standard InChI is InChI=1S/C52H89O12P/c1-3-5-7-9-11-13-15-17-19-20-21-22-23-24-25-26-27-28-30-32-34-36-38-40-42-61-43-45(44-62-65(59,60)64-52-50(57)48(55)47(54)49(56)51(52)58)63-46(53)41-39-37-35-33-31-29-18-16-14-12-10-8-6-4-2/h5,7,11,13,16-19,21-22,24-25,27-28,45,47-52,54-58H,3-4,6,8-10,12,14-15,20,23,26,29-44H2,1-2H3,(H,59,60)/b7-5-,13-11-,18-16-,19-17-,22-21-,25-24-,28-27-. The van der Waals surface area contributed by atoms with Crippen molar-refractivity contribution in [2.24, 2.45) is 0 Å². The van der Waals surface area contributed by atoms with E-state index in [9.17, 15) is 39.8 Å². The van der Waals surface area contributed by atoms with Crippen LogP contribution in [-0.4, -0.2) is 98.9 Å². The third-order valence-electron chi connectivity index (χ3n) is 11.0. The van der Waals surface area contributed by atoms with Crippen molar-refractivity contribution in [3.63, 3.8) is 0 Å². The lowest BCUT2D eigenvalue weighted by Gasteiger charge is -2.41. The van der Waals surface area contributed by atoms with Crippen LogP contribution in [-0.2, 0) is 27.9 Å². The lowest BCUT2D eigenvalue weighted by molar-refractivity contribution is -0.220. The summed E-state index contributed by atoms with van der Waals surface area (Å²) < 4.78 is 34.2. The first-order valence-electron chi connectivity index (χ1n) is 24.9. The minimum atomic E-state index is -5.03. The molecule has 1 rings (SSSR count). The van der Waals surface area contributed by atoms with Crippen LogP contribution in [0.4, 0.5) is 0 Å². The molecule has 1 aliphatic carbocycles. The largest absolute Gasteiger partial charge is 0.472 e. The Balaban J connectivity index is 2.37. The number of allylic oxidation sites excluding steroid dienone is 14. The molecule has 12 nitrogen and oxygen atoms in total. The van der Waals surface area contributed by atoms with E-state index >= 15 is 0 Å². The average molecular weight is 937 g/mol. The molecule has 0 heterocycles. The summed E-state index contributed by atoms with van der Waals surface area (Å²) in [6, 6.07) is 0. The summed E-state index contributed by atoms with van der Waals surface area (Å²) in [4.78, 5) is 23.2. The summed E-state index contributed by atoms with van der Waals surface area (Å²) in [5, 5.41) is 50.3. The Morgan fingerprint density at radius 2 is 0.908 bits per heavy atom. The molecule has 0 aromatic carbocycles. The number of ether oxygens (including phenoxy) is 2. The fourth-order valence-corrected chi connectivity index (χ4v) is 8.03. The first-order chi connectivity index (χ1) is 31.5. The second-order valence-corrected chi connectivity index (χ2v) is 18.3. The Morgan fingerprint density at radius 1 is 0.508 bits per heavy atom. The number of aliphatic hydroxyl groups is 5. The fourth-order valence-electron chi connectivity index (χ4n) is 7.06. The number of esters is 1. The van der Waals surface area contributed by atoms with Crippen LogP contribution >= 0.6 is 7.82 Å². The van der Waals surface area contributed by atoms with Crippen molar-refractivity contribution in [2.45, 2.75) is 217 Å². The smallest absolute Gasteiger partial charge is 0.457 e. The van der Waals surface area contributed by atoms with Gasteiger partial charge in [0.15, 0.2) is 0 Å². The molecule has 0 saturated heterocycles. The minimum Gasteiger partial charge on any atom is -0.457 e. The monoisotopic (exact) mass is 937 g/mol. The Morgan fingerprint density at radius 3 is 1.40 bits per heavy atom. The summed E-state index contributed by atoms with van der Waals surface area (Å²) in [5.41, 5.74) is 0. The van der Waals surface area contributed by atoms with E-state index in [-0.39, 0.29) is 13.0 Å². The average Bonchev–Trinajstić information content (AvgIpc) is 3.29. The molecule has 0 bridgehead atoms. The number of carbonyl (C=O) groups is 1. The number of unbranched alkanes of at least 4 members (excludes halogenated alkanes) is 15. The van der Waals surface area contributed by atoms with Crippen LogP contribution in [0.15, 0.2) is 85.1 Å². The maximum Gasteiger partial charge on any atom is 0.472 e. The van der Waals surface area contributed by atoms with Gasteiger partial charge in [0.1, 0.15) is 42.7 Å². The molecule has 0 aliphatic heterocycles. The van der Waals surface area contributed by atoms with E-state index in [1.165, 1.54) is 32.1 Å². The topological polar surface area (TPSA) is 192 Å². The van der Waals surface area contributed by atoms with E-state index in [2.05, 4.69) is 98.9 Å². The molecule has 0 radical (unpaired) electrons. The Hall–Kier alpha value is -2.48. The van der Waals surface area contributed by atoms with E-state index in [1.807, 2.05) is 0 Å². The van der Waals surface area contributed by atoms with Crippen molar-refractivity contribution in [1.82, 2.24) is 0 Å². The van der Waals surface area contributed by atoms with Gasteiger partial charge in [0.05, 0.1) is 13.2 Å². The number of carbonyl (C=O) groups excluding carboxylic acids is 1. The molecular formula is C52H89O12P. The molecule has 0 amide bonds. The van der Waals surface area contributed by atoms with E-state index in [4.69, 9.17) is 18.5 Å². The number of phosphoric ester groups is 1. The molecule has 65 heavy (non-hydrogen) atoms. The van der Waals surface area contributed by atoms with Crippen molar-refractivity contribution >= 4 is 13.8 Å². The molecule has 6 N–H and O–H groups in total. The first kappa shape index (κ1) is 60.5. The van der Waals surface area contributed by atoms with Gasteiger partial charge in [0.2, 0.25) is 0 Å². The Labute approximate surface area is 392 Å². The Bertz CT molecular complexity index is 1390. The van der Waals surface area contributed by atoms with Crippen LogP contribution in [0.2, 0.25) is 0 Å². The SMILES string of the molecule is CC/C=C\C/C=C\C/C=C\C/C=C\C/C=C\C/C=C\CCCCCCCOCC(COP(=O)(O)OC1C(O)C(O)C(O)C(O)C1O)OC(=O)CCCCCCC/C=C\CCCCCCC. The maximum atomic E-state index is 12.8. The predicted octanol–water partition coefficient (Wildman–Crippen LogP) is 10.9. The summed E-state index contributed by atoms with van der Waals surface area (Å²) in [6.07, 6.45) is 43.6. The molecule has 6 atom stereocenters. The summed E-state index contributed by atoms with van der Waals surface area (Å²) >= 11 is 0. The van der Waals surface area contributed by atoms with Gasteiger partial charge in [-0.1, -0.05) is 163 Å². The van der Waals surface area contributed by atoms with Crippen LogP contribution in [0.1, 0.15) is 174 Å². The quantitative estimate of drug-likeness (QED) is 0.0147. The van der Waals surface area contributed by atoms with Gasteiger partial charge in [-0.2, -0.15) is 0 Å². The van der Waals surface area contributed by atoms with Crippen LogP contribution in [0.25, 0.3) is 0 Å². The van der Waals surface area contributed by atoms with E-state index in [0.717, 1.165) is 116 Å². The summed E-state index contributed by atoms with van der Waals surface area (Å²) in [5.74, 6) is -0.497. The van der Waals surface area contributed by atoms with Crippen LogP contribution in [0, 0.1) is 0 Å². The van der Waals surface area contributed by atoms with Crippen LogP contribution < -0.4 is 0 Å². The number of aliphatic hydroxyl groups excluding tert-OH is 5. The van der Waals surface area contributed by atoms with Crippen molar-refractivity contribution < 1.29 is 58.3 Å². The minimum absolute atomic E-state index is 0.0982. The van der Waals surface area contributed by atoms with E-state index < -0.39 is 63.1 Å². The van der Waals surface area contributed by atoms with Crippen LogP contribution in [0.5, 0.6) is 0 Å². The van der Waals surface area contributed by atoms with Gasteiger partial charge in [-0.3, -0.25) is 13.8 Å². The van der Waals surface area contributed by atoms with Gasteiger partial charge in [-0.05, 0) is 89.9 Å².